The highest BCUT2D eigenvalue weighted by atomic mass is 16.5. The summed E-state index contributed by atoms with van der Waals surface area (Å²) in [7, 11) is 1.69. The van der Waals surface area contributed by atoms with E-state index < -0.39 is 0 Å². The lowest BCUT2D eigenvalue weighted by Crippen LogP contribution is -2.56. The molecule has 0 unspecified atom stereocenters. The Morgan fingerprint density at radius 2 is 1.62 bits per heavy atom. The van der Waals surface area contributed by atoms with Gasteiger partial charge in [0.15, 0.2) is 5.82 Å². The second-order valence-electron chi connectivity index (χ2n) is 10.5. The van der Waals surface area contributed by atoms with Crippen molar-refractivity contribution in [3.8, 4) is 17.0 Å². The van der Waals surface area contributed by atoms with Crippen LogP contribution < -0.4 is 9.64 Å². The first-order valence-electron chi connectivity index (χ1n) is 13.6. The lowest BCUT2D eigenvalue weighted by Gasteiger charge is -2.43. The lowest BCUT2D eigenvalue weighted by molar-refractivity contribution is -0.134. The number of carbonyl (C=O) groups is 1. The number of hydrogen-bond acceptors (Lipinski definition) is 7. The second kappa shape index (κ2) is 10.6. The minimum atomic E-state index is 0.277. The zero-order valence-electron chi connectivity index (χ0n) is 21.7. The first kappa shape index (κ1) is 24.1. The monoisotopic (exact) mass is 500 g/mol. The number of ether oxygens (including phenoxy) is 1. The highest BCUT2D eigenvalue weighted by molar-refractivity contribution is 5.88. The van der Waals surface area contributed by atoms with Crippen molar-refractivity contribution in [3.63, 3.8) is 0 Å². The lowest BCUT2D eigenvalue weighted by atomic mass is 9.91. The summed E-state index contributed by atoms with van der Waals surface area (Å²) in [6.45, 7) is 7.79. The molecule has 3 fully saturated rings. The zero-order chi connectivity index (χ0) is 25.2. The van der Waals surface area contributed by atoms with Crippen molar-refractivity contribution in [3.05, 3.63) is 48.5 Å². The maximum atomic E-state index is 12.9. The molecule has 1 aliphatic carbocycles. The molecule has 2 aromatic carbocycles. The normalized spacial score (nSPS) is 19.7. The van der Waals surface area contributed by atoms with Gasteiger partial charge in [-0.05, 0) is 53.9 Å². The fraction of sp³-hybridized carbons (Fsp3) is 0.483. The Morgan fingerprint density at radius 1 is 0.865 bits per heavy atom. The van der Waals surface area contributed by atoms with Crippen LogP contribution in [0.5, 0.6) is 5.75 Å². The molecular weight excluding hydrogens is 464 g/mol. The minimum Gasteiger partial charge on any atom is -0.497 e. The van der Waals surface area contributed by atoms with Crippen LogP contribution in [0.1, 0.15) is 19.3 Å². The van der Waals surface area contributed by atoms with E-state index in [1.165, 1.54) is 19.3 Å². The van der Waals surface area contributed by atoms with Gasteiger partial charge >= 0.3 is 0 Å². The number of benzene rings is 2. The third-order valence-electron chi connectivity index (χ3n) is 8.31. The van der Waals surface area contributed by atoms with Crippen LogP contribution in [0.25, 0.3) is 22.0 Å². The molecule has 37 heavy (non-hydrogen) atoms. The summed E-state index contributed by atoms with van der Waals surface area (Å²) in [4.78, 5) is 22.1. The van der Waals surface area contributed by atoms with E-state index in [1.54, 1.807) is 7.11 Å². The molecule has 0 radical (unpaired) electrons. The molecule has 0 bridgehead atoms. The molecule has 3 aromatic rings. The van der Waals surface area contributed by atoms with Crippen LogP contribution in [0.4, 0.5) is 5.82 Å². The Morgan fingerprint density at radius 3 is 2.30 bits per heavy atom. The van der Waals surface area contributed by atoms with Gasteiger partial charge in [-0.15, -0.1) is 10.2 Å². The van der Waals surface area contributed by atoms with Crippen LogP contribution in [0.15, 0.2) is 48.5 Å². The van der Waals surface area contributed by atoms with Crippen LogP contribution >= 0.6 is 0 Å². The topological polar surface area (TPSA) is 65.0 Å². The molecule has 1 saturated carbocycles. The summed E-state index contributed by atoms with van der Waals surface area (Å²) in [6, 6.07) is 17.3. The summed E-state index contributed by atoms with van der Waals surface area (Å²) in [5.74, 6) is 2.03. The Bertz CT molecular complexity index is 1230. The largest absolute Gasteiger partial charge is 0.497 e. The van der Waals surface area contributed by atoms with Crippen molar-refractivity contribution >= 4 is 22.5 Å². The van der Waals surface area contributed by atoms with Crippen molar-refractivity contribution < 1.29 is 9.53 Å². The molecule has 1 aromatic heterocycles. The van der Waals surface area contributed by atoms with E-state index in [2.05, 4.69) is 60.1 Å². The third kappa shape index (κ3) is 5.26. The number of carbonyl (C=O) groups excluding carboxylic acids is 1. The number of methoxy groups -OCH3 is 1. The molecule has 2 saturated heterocycles. The number of anilines is 1. The molecule has 3 aliphatic rings. The molecule has 0 atom stereocenters. The van der Waals surface area contributed by atoms with Gasteiger partial charge in [-0.3, -0.25) is 14.6 Å². The van der Waals surface area contributed by atoms with E-state index in [0.717, 1.165) is 92.0 Å². The van der Waals surface area contributed by atoms with Crippen LogP contribution in [-0.4, -0.2) is 103 Å². The van der Waals surface area contributed by atoms with Crippen LogP contribution in [0, 0.1) is 0 Å². The standard InChI is InChI=1S/C29H36N6O2/c1-37-26-8-7-22-19-24(6-5-23(22)20-26)27-9-10-28(31-30-27)34-13-11-32(12-14-34)21-29(36)35-17-15-33(16-18-35)25-3-2-4-25/h5-10,19-20,25H,2-4,11-18,21H2,1H3. The highest BCUT2D eigenvalue weighted by Crippen LogP contribution is 2.27. The number of fused-ring (bicyclic) bond motifs is 1. The summed E-state index contributed by atoms with van der Waals surface area (Å²) >= 11 is 0. The van der Waals surface area contributed by atoms with Crippen molar-refractivity contribution in [2.75, 3.05) is 70.9 Å². The molecular formula is C29H36N6O2. The molecule has 2 aliphatic heterocycles. The highest BCUT2D eigenvalue weighted by Gasteiger charge is 2.30. The number of piperazine rings is 2. The number of rotatable bonds is 6. The fourth-order valence-corrected chi connectivity index (χ4v) is 5.67. The fourth-order valence-electron chi connectivity index (χ4n) is 5.67. The molecule has 8 nitrogen and oxygen atoms in total. The van der Waals surface area contributed by atoms with Gasteiger partial charge in [0.1, 0.15) is 5.75 Å². The molecule has 3 heterocycles. The SMILES string of the molecule is COc1ccc2cc(-c3ccc(N4CCN(CC(=O)N5CCN(C6CCC6)CC5)CC4)nn3)ccc2c1. The summed E-state index contributed by atoms with van der Waals surface area (Å²) in [5, 5.41) is 11.4. The van der Waals surface area contributed by atoms with Gasteiger partial charge in [0.25, 0.3) is 0 Å². The molecule has 0 spiro atoms. The minimum absolute atomic E-state index is 0.277. The van der Waals surface area contributed by atoms with E-state index in [-0.39, 0.29) is 5.91 Å². The predicted octanol–water partition coefficient (Wildman–Crippen LogP) is 3.12. The van der Waals surface area contributed by atoms with Crippen LogP contribution in [0.3, 0.4) is 0 Å². The molecule has 6 rings (SSSR count). The quantitative estimate of drug-likeness (QED) is 0.515. The van der Waals surface area contributed by atoms with Crippen molar-refractivity contribution in [1.29, 1.82) is 0 Å². The Hall–Kier alpha value is -3.23. The number of nitrogens with zero attached hydrogens (tertiary/aromatic N) is 6. The van der Waals surface area contributed by atoms with E-state index in [1.807, 2.05) is 18.2 Å². The molecule has 1 amide bonds. The van der Waals surface area contributed by atoms with Gasteiger partial charge in [-0.2, -0.15) is 0 Å². The van der Waals surface area contributed by atoms with Gasteiger partial charge in [0.2, 0.25) is 5.91 Å². The second-order valence-corrected chi connectivity index (χ2v) is 10.5. The van der Waals surface area contributed by atoms with Crippen molar-refractivity contribution in [1.82, 2.24) is 24.9 Å². The van der Waals surface area contributed by atoms with Gasteiger partial charge in [-0.1, -0.05) is 24.6 Å². The maximum absolute atomic E-state index is 12.9. The Kier molecular flexibility index (Phi) is 6.93. The van der Waals surface area contributed by atoms with Gasteiger partial charge < -0.3 is 14.5 Å². The summed E-state index contributed by atoms with van der Waals surface area (Å²) in [5.41, 5.74) is 1.91. The molecule has 0 N–H and O–H groups in total. The number of hydrogen-bond donors (Lipinski definition) is 0. The number of amides is 1. The first-order chi connectivity index (χ1) is 18.2. The predicted molar refractivity (Wildman–Crippen MR) is 146 cm³/mol. The zero-order valence-corrected chi connectivity index (χ0v) is 21.7. The number of aromatic nitrogens is 2. The molecule has 8 heteroatoms. The average molecular weight is 501 g/mol. The van der Waals surface area contributed by atoms with E-state index in [4.69, 9.17) is 4.74 Å². The Labute approximate surface area is 218 Å². The van der Waals surface area contributed by atoms with Crippen molar-refractivity contribution in [2.24, 2.45) is 0 Å². The average Bonchev–Trinajstić information content (AvgIpc) is 2.92. The maximum Gasteiger partial charge on any atom is 0.236 e. The van der Waals surface area contributed by atoms with Crippen molar-refractivity contribution in [2.45, 2.75) is 25.3 Å². The third-order valence-corrected chi connectivity index (χ3v) is 8.31. The summed E-state index contributed by atoms with van der Waals surface area (Å²) in [6.07, 6.45) is 4.04. The van der Waals surface area contributed by atoms with Gasteiger partial charge in [0, 0.05) is 64.0 Å². The smallest absolute Gasteiger partial charge is 0.236 e. The first-order valence-corrected chi connectivity index (χ1v) is 13.6. The van der Waals surface area contributed by atoms with Crippen LogP contribution in [-0.2, 0) is 4.79 Å². The van der Waals surface area contributed by atoms with Gasteiger partial charge in [0.05, 0.1) is 19.3 Å². The Balaban J connectivity index is 1.00. The van der Waals surface area contributed by atoms with E-state index >= 15 is 0 Å². The van der Waals surface area contributed by atoms with E-state index in [9.17, 15) is 4.79 Å². The van der Waals surface area contributed by atoms with Crippen LogP contribution in [0.2, 0.25) is 0 Å². The van der Waals surface area contributed by atoms with Gasteiger partial charge in [-0.25, -0.2) is 0 Å². The van der Waals surface area contributed by atoms with E-state index in [0.29, 0.717) is 6.54 Å². The summed E-state index contributed by atoms with van der Waals surface area (Å²) < 4.78 is 5.33. The molecule has 194 valence electrons.